The standard InChI is InChI=1S/C27H29FN4O4/c1-16-4-5-19(25-10-17(2)32(30-25)13-21(34)15-33)11-24(16)29-27(36)23-14-31(3)26(35)12-22(23)18-6-8-20(28)9-7-18/h4-11,14,21-22,33-34H,12-13,15H2,1-3H3,(H,29,36)/t21-,22-/m0/s1. The first-order valence-electron chi connectivity index (χ1n) is 11.6. The predicted octanol–water partition coefficient (Wildman–Crippen LogP) is 3.13. The van der Waals surface area contributed by atoms with Gasteiger partial charge in [0.25, 0.3) is 5.91 Å². The van der Waals surface area contributed by atoms with E-state index in [-0.39, 0.29) is 37.2 Å². The minimum Gasteiger partial charge on any atom is -0.394 e. The summed E-state index contributed by atoms with van der Waals surface area (Å²) < 4.78 is 15.1. The van der Waals surface area contributed by atoms with Gasteiger partial charge in [0.15, 0.2) is 0 Å². The highest BCUT2D eigenvalue weighted by Gasteiger charge is 2.31. The van der Waals surface area contributed by atoms with Crippen LogP contribution in [0.4, 0.5) is 10.1 Å². The van der Waals surface area contributed by atoms with E-state index >= 15 is 0 Å². The number of aromatic nitrogens is 2. The predicted molar refractivity (Wildman–Crippen MR) is 133 cm³/mol. The molecule has 36 heavy (non-hydrogen) atoms. The lowest BCUT2D eigenvalue weighted by Gasteiger charge is -2.28. The fourth-order valence-corrected chi connectivity index (χ4v) is 4.21. The van der Waals surface area contributed by atoms with Crippen LogP contribution in [0.5, 0.6) is 0 Å². The van der Waals surface area contributed by atoms with Gasteiger partial charge in [0, 0.05) is 48.1 Å². The van der Waals surface area contributed by atoms with Crippen molar-refractivity contribution in [3.8, 4) is 11.3 Å². The lowest BCUT2D eigenvalue weighted by atomic mass is 9.85. The first-order valence-corrected chi connectivity index (χ1v) is 11.6. The van der Waals surface area contributed by atoms with E-state index in [1.54, 1.807) is 23.9 Å². The van der Waals surface area contributed by atoms with Gasteiger partial charge < -0.3 is 20.4 Å². The second-order valence-electron chi connectivity index (χ2n) is 9.07. The zero-order valence-corrected chi connectivity index (χ0v) is 20.4. The number of benzene rings is 2. The molecule has 188 valence electrons. The van der Waals surface area contributed by atoms with E-state index in [0.717, 1.165) is 16.8 Å². The zero-order chi connectivity index (χ0) is 26.0. The first kappa shape index (κ1) is 25.3. The van der Waals surface area contributed by atoms with Crippen LogP contribution in [0.15, 0.2) is 60.3 Å². The Morgan fingerprint density at radius 1 is 1.19 bits per heavy atom. The Bertz CT molecular complexity index is 1320. The third kappa shape index (κ3) is 5.37. The molecule has 0 saturated carbocycles. The number of halogens is 1. The van der Waals surface area contributed by atoms with E-state index in [0.29, 0.717) is 22.5 Å². The van der Waals surface area contributed by atoms with E-state index in [4.69, 9.17) is 5.11 Å². The van der Waals surface area contributed by atoms with Crippen molar-refractivity contribution in [3.05, 3.63) is 82.9 Å². The number of aliphatic hydroxyl groups excluding tert-OH is 2. The molecule has 8 nitrogen and oxygen atoms in total. The molecule has 0 aliphatic carbocycles. The van der Waals surface area contributed by atoms with Crippen molar-refractivity contribution >= 4 is 17.5 Å². The average molecular weight is 493 g/mol. The summed E-state index contributed by atoms with van der Waals surface area (Å²) in [5, 5.41) is 26.4. The minimum atomic E-state index is -0.910. The summed E-state index contributed by atoms with van der Waals surface area (Å²) in [7, 11) is 1.61. The van der Waals surface area contributed by atoms with Crippen LogP contribution in [0.2, 0.25) is 0 Å². The molecule has 2 aromatic carbocycles. The Morgan fingerprint density at radius 2 is 1.92 bits per heavy atom. The molecule has 3 aromatic rings. The Labute approximate surface area is 208 Å². The second kappa shape index (κ2) is 10.4. The van der Waals surface area contributed by atoms with E-state index < -0.39 is 12.0 Å². The molecule has 0 spiro atoms. The van der Waals surface area contributed by atoms with Crippen LogP contribution in [0, 0.1) is 19.7 Å². The maximum Gasteiger partial charge on any atom is 0.253 e. The van der Waals surface area contributed by atoms with Crippen LogP contribution >= 0.6 is 0 Å². The van der Waals surface area contributed by atoms with Gasteiger partial charge in [-0.3, -0.25) is 14.3 Å². The minimum absolute atomic E-state index is 0.108. The van der Waals surface area contributed by atoms with Crippen molar-refractivity contribution in [3.63, 3.8) is 0 Å². The topological polar surface area (TPSA) is 108 Å². The molecular formula is C27H29FN4O4. The third-order valence-corrected chi connectivity index (χ3v) is 6.37. The first-order chi connectivity index (χ1) is 17.2. The quantitative estimate of drug-likeness (QED) is 0.470. The number of nitrogens with one attached hydrogen (secondary N) is 1. The molecule has 1 aromatic heterocycles. The molecule has 1 aliphatic heterocycles. The van der Waals surface area contributed by atoms with Crippen LogP contribution < -0.4 is 5.32 Å². The summed E-state index contributed by atoms with van der Waals surface area (Å²) in [5.41, 5.74) is 4.81. The number of aliphatic hydroxyl groups is 2. The van der Waals surface area contributed by atoms with Crippen molar-refractivity contribution in [1.82, 2.24) is 14.7 Å². The van der Waals surface area contributed by atoms with Gasteiger partial charge in [-0.2, -0.15) is 5.10 Å². The average Bonchev–Trinajstić information content (AvgIpc) is 3.22. The maximum atomic E-state index is 13.5. The monoisotopic (exact) mass is 492 g/mol. The number of hydrogen-bond donors (Lipinski definition) is 3. The third-order valence-electron chi connectivity index (χ3n) is 6.37. The smallest absolute Gasteiger partial charge is 0.253 e. The Kier molecular flexibility index (Phi) is 7.32. The van der Waals surface area contributed by atoms with Gasteiger partial charge >= 0.3 is 0 Å². The largest absolute Gasteiger partial charge is 0.394 e. The molecule has 3 N–H and O–H groups in total. The van der Waals surface area contributed by atoms with Crippen LogP contribution in [0.1, 0.15) is 29.2 Å². The summed E-state index contributed by atoms with van der Waals surface area (Å²) in [6, 6.07) is 13.3. The van der Waals surface area contributed by atoms with Crippen molar-refractivity contribution in [2.75, 3.05) is 19.0 Å². The van der Waals surface area contributed by atoms with E-state index in [2.05, 4.69) is 10.4 Å². The van der Waals surface area contributed by atoms with Gasteiger partial charge in [-0.15, -0.1) is 0 Å². The van der Waals surface area contributed by atoms with Crippen molar-refractivity contribution in [2.24, 2.45) is 0 Å². The van der Waals surface area contributed by atoms with Gasteiger partial charge in [0.1, 0.15) is 5.82 Å². The molecule has 2 atom stereocenters. The summed E-state index contributed by atoms with van der Waals surface area (Å²) in [6.07, 6.45) is 0.732. The van der Waals surface area contributed by atoms with Crippen molar-refractivity contribution in [1.29, 1.82) is 0 Å². The van der Waals surface area contributed by atoms with Gasteiger partial charge in [-0.1, -0.05) is 24.3 Å². The highest BCUT2D eigenvalue weighted by Crippen LogP contribution is 2.34. The highest BCUT2D eigenvalue weighted by molar-refractivity contribution is 6.07. The molecule has 0 saturated heterocycles. The summed E-state index contributed by atoms with van der Waals surface area (Å²) in [4.78, 5) is 27.2. The van der Waals surface area contributed by atoms with E-state index in [9.17, 15) is 19.1 Å². The van der Waals surface area contributed by atoms with E-state index in [1.165, 1.54) is 23.2 Å². The number of rotatable bonds is 7. The van der Waals surface area contributed by atoms with Gasteiger partial charge in [-0.25, -0.2) is 4.39 Å². The fourth-order valence-electron chi connectivity index (χ4n) is 4.21. The number of carbonyl (C=O) groups is 2. The van der Waals surface area contributed by atoms with E-state index in [1.807, 2.05) is 38.1 Å². The second-order valence-corrected chi connectivity index (χ2v) is 9.07. The lowest BCUT2D eigenvalue weighted by Crippen LogP contribution is -2.33. The molecule has 1 aliphatic rings. The zero-order valence-electron chi connectivity index (χ0n) is 20.4. The SMILES string of the molecule is Cc1ccc(-c2cc(C)n(C[C@H](O)CO)n2)cc1NC(=O)C1=CN(C)C(=O)C[C@H]1c1ccc(F)cc1. The molecule has 0 unspecified atom stereocenters. The Balaban J connectivity index is 1.61. The van der Waals surface area contributed by atoms with Crippen molar-refractivity contribution in [2.45, 2.75) is 38.8 Å². The number of anilines is 1. The molecule has 9 heteroatoms. The Morgan fingerprint density at radius 3 is 2.61 bits per heavy atom. The van der Waals surface area contributed by atoms with Gasteiger partial charge in [-0.05, 0) is 49.2 Å². The Hall–Kier alpha value is -3.82. The van der Waals surface area contributed by atoms with Gasteiger partial charge in [0.05, 0.1) is 24.9 Å². The van der Waals surface area contributed by atoms with Crippen molar-refractivity contribution < 1.29 is 24.2 Å². The molecule has 2 heterocycles. The summed E-state index contributed by atoms with van der Waals surface area (Å²) in [6.45, 7) is 3.55. The van der Waals surface area contributed by atoms with Crippen LogP contribution in [-0.4, -0.2) is 56.5 Å². The molecule has 0 bridgehead atoms. The molecule has 0 radical (unpaired) electrons. The number of amides is 2. The highest BCUT2D eigenvalue weighted by atomic mass is 19.1. The number of carbonyl (C=O) groups excluding carboxylic acids is 2. The molecule has 4 rings (SSSR count). The maximum absolute atomic E-state index is 13.5. The molecule has 2 amide bonds. The fraction of sp³-hybridized carbons (Fsp3) is 0.296. The molecular weight excluding hydrogens is 463 g/mol. The number of nitrogens with zero attached hydrogens (tertiary/aromatic N) is 3. The normalized spacial score (nSPS) is 16.6. The number of aryl methyl sites for hydroxylation is 2. The van der Waals surface area contributed by atoms with Crippen LogP contribution in [-0.2, 0) is 16.1 Å². The van der Waals surface area contributed by atoms with Crippen LogP contribution in [0.3, 0.4) is 0 Å². The van der Waals surface area contributed by atoms with Crippen LogP contribution in [0.25, 0.3) is 11.3 Å². The van der Waals surface area contributed by atoms with Gasteiger partial charge in [0.2, 0.25) is 5.91 Å². The molecule has 0 fully saturated rings. The summed E-state index contributed by atoms with van der Waals surface area (Å²) >= 11 is 0. The number of hydrogen-bond acceptors (Lipinski definition) is 5. The summed E-state index contributed by atoms with van der Waals surface area (Å²) in [5.74, 6) is -1.36. The lowest BCUT2D eigenvalue weighted by molar-refractivity contribution is -0.128.